The van der Waals surface area contributed by atoms with Crippen molar-refractivity contribution >= 4 is 85.7 Å². The number of benzene rings is 3. The number of guanidine groups is 2. The highest BCUT2D eigenvalue weighted by Crippen LogP contribution is 2.31. The minimum atomic E-state index is -4.32. The number of nitrogens with one attached hydrogen (secondary N) is 7. The van der Waals surface area contributed by atoms with Gasteiger partial charge in [-0.15, -0.1) is 0 Å². The summed E-state index contributed by atoms with van der Waals surface area (Å²) in [5, 5.41) is 37.1. The molecule has 1 fully saturated rings. The molecule has 0 unspecified atom stereocenters. The number of aliphatic hydroxyl groups is 1. The van der Waals surface area contributed by atoms with Crippen LogP contribution in [0.3, 0.4) is 0 Å². The Morgan fingerprint density at radius 3 is 1.85 bits per heavy atom. The molecule has 0 aliphatic carbocycles. The zero-order chi connectivity index (χ0) is 63.8. The average Bonchev–Trinajstić information content (AvgIpc) is 1.34. The van der Waals surface area contributed by atoms with Gasteiger partial charge in [0, 0.05) is 56.6 Å². The van der Waals surface area contributed by atoms with Crippen LogP contribution in [0.5, 0.6) is 5.75 Å². The molecule has 0 radical (unpaired) electrons. The van der Waals surface area contributed by atoms with Crippen molar-refractivity contribution in [2.24, 2.45) is 50.3 Å². The van der Waals surface area contributed by atoms with Crippen molar-refractivity contribution in [1.29, 1.82) is 0 Å². The molecule has 1 heterocycles. The third kappa shape index (κ3) is 21.9. The highest BCUT2D eigenvalue weighted by Gasteiger charge is 2.41. The maximum absolute atomic E-state index is 14.5. The Bertz CT molecular complexity index is 2990. The summed E-state index contributed by atoms with van der Waals surface area (Å²) in [6, 6.07) is 6.44. The number of phenolic OH excluding ortho intramolecular Hbond substituents is 1. The third-order valence-electron chi connectivity index (χ3n) is 14.0. The van der Waals surface area contributed by atoms with E-state index >= 15 is 0 Å². The molecule has 474 valence electrons. The lowest BCUT2D eigenvalue weighted by Crippen LogP contribution is -2.60. The Morgan fingerprint density at radius 2 is 1.26 bits per heavy atom. The maximum Gasteiger partial charge on any atom is 0.245 e. The van der Waals surface area contributed by atoms with Gasteiger partial charge in [-0.25, -0.2) is 8.42 Å². The summed E-state index contributed by atoms with van der Waals surface area (Å²) in [4.78, 5) is 122. The summed E-state index contributed by atoms with van der Waals surface area (Å²) in [5.74, 6) is -7.46. The first-order chi connectivity index (χ1) is 40.6. The van der Waals surface area contributed by atoms with Crippen LogP contribution >= 0.6 is 0 Å². The minimum Gasteiger partial charge on any atom is -0.508 e. The van der Waals surface area contributed by atoms with Crippen molar-refractivity contribution in [3.05, 3.63) is 66.2 Å². The number of aliphatic hydroxyl groups excluding tert-OH is 1. The number of anilines is 1. The van der Waals surface area contributed by atoms with Crippen molar-refractivity contribution < 1.29 is 57.0 Å². The molecule has 1 aliphatic heterocycles. The Hall–Kier alpha value is -8.35. The highest BCUT2D eigenvalue weighted by molar-refractivity contribution is 7.89. The van der Waals surface area contributed by atoms with Crippen molar-refractivity contribution in [3.63, 3.8) is 0 Å². The molecule has 1 aliphatic rings. The summed E-state index contributed by atoms with van der Waals surface area (Å²) >= 11 is 0. The number of aromatic hydroxyl groups is 1. The molecular formula is C56H87N17O12S. The number of fused-ring (bicyclic) bond motifs is 1. The number of carbonyl (C=O) groups is 8. The molecule has 86 heavy (non-hydrogen) atoms. The molecule has 0 spiro atoms. The summed E-state index contributed by atoms with van der Waals surface area (Å²) in [7, 11) is -0.642. The van der Waals surface area contributed by atoms with Gasteiger partial charge in [-0.3, -0.25) is 48.3 Å². The van der Waals surface area contributed by atoms with E-state index < -0.39 is 112 Å². The van der Waals surface area contributed by atoms with Crippen LogP contribution in [0.1, 0.15) is 90.5 Å². The topological polar surface area (TPSA) is 483 Å². The molecule has 0 aromatic heterocycles. The second kappa shape index (κ2) is 34.0. The number of nitrogens with two attached hydrogens (primary N) is 6. The van der Waals surface area contributed by atoms with E-state index in [4.69, 9.17) is 34.4 Å². The number of primary amides is 1. The number of amides is 8. The molecule has 30 heteroatoms. The maximum atomic E-state index is 14.5. The van der Waals surface area contributed by atoms with Crippen molar-refractivity contribution in [3.8, 4) is 5.75 Å². The SMILES string of the molecule is CC(C)C[C@H](NS(=O)(=O)c1cccc2c(N(C)C)cccc12)C(=O)N1CCC[C@H]1C(=O)N[C@@H](CCCCN)C(=O)N[C@H](C(=O)NCC(=O)N[C@@H](Cc1ccc(O)cc1)C(=O)N[C@@H](CCCN=C(N)N)C(=O)N[C@@H](CCCN=C(N)N)C(N)=O)[C@@H](C)O. The van der Waals surface area contributed by atoms with E-state index in [-0.39, 0.29) is 106 Å². The Labute approximate surface area is 501 Å². The van der Waals surface area contributed by atoms with Gasteiger partial charge in [0.25, 0.3) is 0 Å². The quantitative estimate of drug-likeness (QED) is 0.0160. The van der Waals surface area contributed by atoms with Crippen LogP contribution in [0.4, 0.5) is 5.69 Å². The molecule has 4 rings (SSSR count). The number of carbonyl (C=O) groups excluding carboxylic acids is 8. The second-order valence-corrected chi connectivity index (χ2v) is 23.4. The van der Waals surface area contributed by atoms with E-state index in [1.54, 1.807) is 18.2 Å². The van der Waals surface area contributed by atoms with Crippen LogP contribution < -0.4 is 75.9 Å². The fourth-order valence-electron chi connectivity index (χ4n) is 9.71. The largest absolute Gasteiger partial charge is 0.508 e. The van der Waals surface area contributed by atoms with E-state index in [0.717, 1.165) is 5.69 Å². The van der Waals surface area contributed by atoms with Gasteiger partial charge < -0.3 is 86.3 Å². The Balaban J connectivity index is 1.50. The Kier molecular flexibility index (Phi) is 27.7. The standard InChI is InChI=1S/C56H87N17O12S/c1-32(2)29-42(71-86(84,85)45-20-9-13-36-37(45)14-8-18-43(36)72(4)5)54(83)73-28-12-19-44(73)52(81)69-39(15-6-7-25-57)50(79)70-47(33(3)74)53(82)65-31-46(76)66-41(30-34-21-23-35(75)24-22-34)51(80)68-40(17-11-27-64-56(61)62)49(78)67-38(48(58)77)16-10-26-63-55(59)60/h8-9,13-14,18,20-24,32-33,38-42,44,47,71,74-75H,6-7,10-12,15-17,19,25-31,57H2,1-5H3,(H2,58,77)(H,65,82)(H,66,76)(H,67,78)(H,68,80)(H,69,81)(H,70,79)(H4,59,60,63)(H4,61,62,64)/t33-,38+,39+,40+,41+,42+,44+,47+/m1/s1. The summed E-state index contributed by atoms with van der Waals surface area (Å²) in [6.45, 7) is 4.59. The number of unbranched alkanes of at least 4 members (excludes halogenated alkanes) is 1. The second-order valence-electron chi connectivity index (χ2n) is 21.7. The van der Waals surface area contributed by atoms with Crippen LogP contribution in [-0.2, 0) is 54.8 Å². The Morgan fingerprint density at radius 1 is 0.686 bits per heavy atom. The molecule has 0 bridgehead atoms. The number of likely N-dealkylation sites (tertiary alicyclic amines) is 1. The van der Waals surface area contributed by atoms with Gasteiger partial charge >= 0.3 is 0 Å². The molecule has 21 N–H and O–H groups in total. The number of aliphatic imine (C=N–C) groups is 2. The fourth-order valence-corrected chi connectivity index (χ4v) is 11.1. The predicted octanol–water partition coefficient (Wildman–Crippen LogP) is -2.82. The zero-order valence-electron chi connectivity index (χ0n) is 49.4. The van der Waals surface area contributed by atoms with Gasteiger partial charge in [0.05, 0.1) is 17.5 Å². The van der Waals surface area contributed by atoms with Gasteiger partial charge in [-0.2, -0.15) is 4.72 Å². The first-order valence-electron chi connectivity index (χ1n) is 28.5. The van der Waals surface area contributed by atoms with Crippen LogP contribution in [0.2, 0.25) is 0 Å². The third-order valence-corrected chi connectivity index (χ3v) is 15.6. The van der Waals surface area contributed by atoms with E-state index in [1.807, 2.05) is 45.0 Å². The van der Waals surface area contributed by atoms with Crippen LogP contribution in [-0.4, -0.2) is 178 Å². The fraction of sp³-hybridized carbons (Fsp3) is 0.536. The van der Waals surface area contributed by atoms with E-state index in [0.29, 0.717) is 35.6 Å². The number of hydrogen-bond acceptors (Lipinski definition) is 16. The van der Waals surface area contributed by atoms with Gasteiger partial charge in [-0.05, 0) is 113 Å². The van der Waals surface area contributed by atoms with Gasteiger partial charge in [0.15, 0.2) is 11.9 Å². The number of hydrogen-bond donors (Lipinski definition) is 15. The predicted molar refractivity (Wildman–Crippen MR) is 325 cm³/mol. The lowest BCUT2D eigenvalue weighted by molar-refractivity contribution is -0.141. The molecular weight excluding hydrogens is 1130 g/mol. The first kappa shape index (κ1) is 70.1. The average molecular weight is 1220 g/mol. The number of nitrogens with zero attached hydrogens (tertiary/aromatic N) is 4. The summed E-state index contributed by atoms with van der Waals surface area (Å²) in [6.07, 6.45) is 0.0274. The van der Waals surface area contributed by atoms with E-state index in [2.05, 4.69) is 46.6 Å². The van der Waals surface area contributed by atoms with Crippen molar-refractivity contribution in [2.75, 3.05) is 51.7 Å². The summed E-state index contributed by atoms with van der Waals surface area (Å²) in [5.41, 5.74) is 34.3. The molecule has 8 amide bonds. The molecule has 8 atom stereocenters. The number of phenols is 1. The van der Waals surface area contributed by atoms with Crippen LogP contribution in [0, 0.1) is 5.92 Å². The van der Waals surface area contributed by atoms with E-state index in [1.165, 1.54) is 42.2 Å². The molecule has 3 aromatic carbocycles. The molecule has 29 nitrogen and oxygen atoms in total. The molecule has 0 saturated carbocycles. The van der Waals surface area contributed by atoms with Gasteiger partial charge in [0.1, 0.15) is 48.0 Å². The monoisotopic (exact) mass is 1220 g/mol. The lowest BCUT2D eigenvalue weighted by Gasteiger charge is -2.31. The minimum absolute atomic E-state index is 0.0119. The van der Waals surface area contributed by atoms with Crippen molar-refractivity contribution in [1.82, 2.24) is 41.5 Å². The number of rotatable bonds is 35. The van der Waals surface area contributed by atoms with Crippen molar-refractivity contribution in [2.45, 2.75) is 145 Å². The summed E-state index contributed by atoms with van der Waals surface area (Å²) < 4.78 is 31.1. The van der Waals surface area contributed by atoms with E-state index in [9.17, 15) is 57.0 Å². The molecule has 1 saturated heterocycles. The smallest absolute Gasteiger partial charge is 0.245 e. The molecule has 3 aromatic rings. The van der Waals surface area contributed by atoms with Crippen LogP contribution in [0.15, 0.2) is 75.5 Å². The zero-order valence-corrected chi connectivity index (χ0v) is 50.2. The van der Waals surface area contributed by atoms with Gasteiger partial charge in [0.2, 0.25) is 57.3 Å². The van der Waals surface area contributed by atoms with Gasteiger partial charge in [-0.1, -0.05) is 50.2 Å². The first-order valence-corrected chi connectivity index (χ1v) is 30.0. The highest BCUT2D eigenvalue weighted by atomic mass is 32.2. The normalized spacial score (nSPS) is 15.6. The number of sulfonamides is 1. The van der Waals surface area contributed by atoms with Crippen LogP contribution in [0.25, 0.3) is 10.8 Å². The lowest BCUT2D eigenvalue weighted by atomic mass is 10.0.